The van der Waals surface area contributed by atoms with Crippen LogP contribution in [-0.2, 0) is 10.0 Å². The summed E-state index contributed by atoms with van der Waals surface area (Å²) in [5.41, 5.74) is 0.0704. The van der Waals surface area contributed by atoms with Gasteiger partial charge in [0.2, 0.25) is 5.78 Å². The lowest BCUT2D eigenvalue weighted by atomic mass is 9.90. The van der Waals surface area contributed by atoms with E-state index < -0.39 is 21.6 Å². The summed E-state index contributed by atoms with van der Waals surface area (Å²) in [5.74, 6) is -0.999. The van der Waals surface area contributed by atoms with E-state index in [1.807, 2.05) is 30.3 Å². The van der Waals surface area contributed by atoms with Gasteiger partial charge in [-0.3, -0.25) is 14.3 Å². The Labute approximate surface area is 184 Å². The highest BCUT2D eigenvalue weighted by atomic mass is 32.2. The van der Waals surface area contributed by atoms with Crippen LogP contribution in [0.15, 0.2) is 108 Å². The fourth-order valence-corrected chi connectivity index (χ4v) is 4.86. The van der Waals surface area contributed by atoms with Crippen molar-refractivity contribution >= 4 is 38.1 Å². The minimum absolute atomic E-state index is 0.00512. The highest BCUT2D eigenvalue weighted by Crippen LogP contribution is 2.27. The molecule has 6 nitrogen and oxygen atoms in total. The van der Waals surface area contributed by atoms with Gasteiger partial charge in [0.05, 0.1) is 4.90 Å². The maximum absolute atomic E-state index is 13.5. The van der Waals surface area contributed by atoms with Crippen LogP contribution in [-0.4, -0.2) is 20.0 Å². The van der Waals surface area contributed by atoms with Gasteiger partial charge in [0.15, 0.2) is 18.1 Å². The number of ketones is 2. The van der Waals surface area contributed by atoms with Crippen molar-refractivity contribution in [2.75, 3.05) is 0 Å². The van der Waals surface area contributed by atoms with Gasteiger partial charge in [0, 0.05) is 22.6 Å². The molecule has 1 aromatic heterocycles. The smallest absolute Gasteiger partial charge is 0.287 e. The van der Waals surface area contributed by atoms with Gasteiger partial charge >= 0.3 is 0 Å². The number of sulfonamides is 1. The SMILES string of the molecule is O=C1C(NS(=O)(=O)c2ccccc2)=C([n+]2ccc3ccccc3c2)C(=O)c2ccccc21. The van der Waals surface area contributed by atoms with Crippen molar-refractivity contribution in [1.82, 2.24) is 4.72 Å². The Balaban J connectivity index is 1.74. The summed E-state index contributed by atoms with van der Waals surface area (Å²) < 4.78 is 30.0. The van der Waals surface area contributed by atoms with Crippen molar-refractivity contribution in [2.24, 2.45) is 0 Å². The maximum Gasteiger partial charge on any atom is 0.287 e. The summed E-state index contributed by atoms with van der Waals surface area (Å²) in [6.07, 6.45) is 3.36. The molecule has 156 valence electrons. The van der Waals surface area contributed by atoms with E-state index in [0.29, 0.717) is 0 Å². The van der Waals surface area contributed by atoms with Crippen LogP contribution in [0.1, 0.15) is 20.7 Å². The van der Waals surface area contributed by atoms with Crippen molar-refractivity contribution in [3.63, 3.8) is 0 Å². The molecular formula is C25H17N2O4S+. The van der Waals surface area contributed by atoms with E-state index in [1.54, 1.807) is 48.8 Å². The second-order valence-corrected chi connectivity index (χ2v) is 9.01. The largest absolute Gasteiger partial charge is 0.287 e. The molecule has 0 saturated carbocycles. The molecule has 1 aliphatic rings. The van der Waals surface area contributed by atoms with Crippen molar-refractivity contribution in [3.05, 3.63) is 114 Å². The second-order valence-electron chi connectivity index (χ2n) is 7.33. The van der Waals surface area contributed by atoms with Gasteiger partial charge in [-0.25, -0.2) is 8.42 Å². The molecule has 0 bridgehead atoms. The minimum Gasteiger partial charge on any atom is -0.287 e. The number of carbonyl (C=O) groups is 2. The average molecular weight is 441 g/mol. The molecule has 0 radical (unpaired) electrons. The van der Waals surface area contributed by atoms with E-state index in [9.17, 15) is 18.0 Å². The van der Waals surface area contributed by atoms with Gasteiger partial charge in [-0.1, -0.05) is 60.7 Å². The number of aromatic nitrogens is 1. The standard InChI is InChI=1S/C25H16N2O4S/c28-24-20-12-6-7-13-21(20)25(29)23(27-15-14-17-8-4-5-9-18(17)16-27)22(24)26-32(30,31)19-10-2-1-3-11-19/h1-16H/p+1. The molecule has 1 N–H and O–H groups in total. The van der Waals surface area contributed by atoms with Crippen LogP contribution < -0.4 is 9.29 Å². The van der Waals surface area contributed by atoms with Crippen molar-refractivity contribution in [3.8, 4) is 0 Å². The number of nitrogens with one attached hydrogen (secondary N) is 1. The molecule has 0 amide bonds. The Morgan fingerprint density at radius 2 is 1.25 bits per heavy atom. The van der Waals surface area contributed by atoms with Crippen LogP contribution in [0.25, 0.3) is 16.5 Å². The summed E-state index contributed by atoms with van der Waals surface area (Å²) in [4.78, 5) is 26.8. The molecule has 7 heteroatoms. The third-order valence-corrected chi connectivity index (χ3v) is 6.70. The second kappa shape index (κ2) is 7.55. The van der Waals surface area contributed by atoms with Gasteiger partial charge in [-0.05, 0) is 23.6 Å². The van der Waals surface area contributed by atoms with Crippen LogP contribution >= 0.6 is 0 Å². The molecule has 0 atom stereocenters. The fourth-order valence-electron chi connectivity index (χ4n) is 3.77. The van der Waals surface area contributed by atoms with Gasteiger partial charge in [-0.15, -0.1) is 0 Å². The van der Waals surface area contributed by atoms with E-state index in [-0.39, 0.29) is 27.4 Å². The molecular weight excluding hydrogens is 424 g/mol. The van der Waals surface area contributed by atoms with Crippen molar-refractivity contribution in [2.45, 2.75) is 4.90 Å². The molecule has 4 aromatic rings. The predicted molar refractivity (Wildman–Crippen MR) is 119 cm³/mol. The summed E-state index contributed by atoms with van der Waals surface area (Å²) in [6.45, 7) is 0. The lowest BCUT2D eigenvalue weighted by molar-refractivity contribution is -0.575. The number of pyridine rings is 1. The lowest BCUT2D eigenvalue weighted by Gasteiger charge is -2.18. The number of allylic oxidation sites excluding steroid dienone is 2. The van der Waals surface area contributed by atoms with Crippen LogP contribution in [0.5, 0.6) is 0 Å². The van der Waals surface area contributed by atoms with E-state index in [2.05, 4.69) is 4.72 Å². The number of carbonyl (C=O) groups excluding carboxylic acids is 2. The zero-order valence-corrected chi connectivity index (χ0v) is 17.5. The van der Waals surface area contributed by atoms with Gasteiger partial charge < -0.3 is 0 Å². The number of fused-ring (bicyclic) bond motifs is 2. The molecule has 0 spiro atoms. The number of hydrogen-bond acceptors (Lipinski definition) is 4. The zero-order valence-electron chi connectivity index (χ0n) is 16.7. The number of hydrogen-bond donors (Lipinski definition) is 1. The quantitative estimate of drug-likeness (QED) is 0.492. The first-order valence-electron chi connectivity index (χ1n) is 9.87. The van der Waals surface area contributed by atoms with Crippen LogP contribution in [0.4, 0.5) is 0 Å². The maximum atomic E-state index is 13.5. The first-order chi connectivity index (χ1) is 15.5. The number of nitrogens with zero attached hydrogens (tertiary/aromatic N) is 1. The topological polar surface area (TPSA) is 84.2 Å². The monoisotopic (exact) mass is 441 g/mol. The molecule has 1 heterocycles. The summed E-state index contributed by atoms with van der Waals surface area (Å²) in [6, 6.07) is 23.5. The number of rotatable bonds is 4. The fraction of sp³-hybridized carbons (Fsp3) is 0. The Morgan fingerprint density at radius 1 is 0.656 bits per heavy atom. The van der Waals surface area contributed by atoms with E-state index in [1.165, 1.54) is 22.8 Å². The Kier molecular flexibility index (Phi) is 4.68. The highest BCUT2D eigenvalue weighted by Gasteiger charge is 2.40. The van der Waals surface area contributed by atoms with E-state index in [0.717, 1.165) is 10.8 Å². The molecule has 5 rings (SSSR count). The molecule has 1 aliphatic carbocycles. The molecule has 3 aromatic carbocycles. The normalized spacial score (nSPS) is 13.9. The molecule has 0 fully saturated rings. The molecule has 0 aliphatic heterocycles. The zero-order chi connectivity index (χ0) is 22.3. The number of benzene rings is 3. The van der Waals surface area contributed by atoms with Crippen molar-refractivity contribution < 1.29 is 22.6 Å². The van der Waals surface area contributed by atoms with Gasteiger partial charge in [0.1, 0.15) is 0 Å². The molecule has 32 heavy (non-hydrogen) atoms. The first kappa shape index (κ1) is 19.8. The first-order valence-corrected chi connectivity index (χ1v) is 11.3. The van der Waals surface area contributed by atoms with Crippen LogP contribution in [0.2, 0.25) is 0 Å². The lowest BCUT2D eigenvalue weighted by Crippen LogP contribution is -2.44. The van der Waals surface area contributed by atoms with E-state index in [4.69, 9.17) is 0 Å². The molecule has 0 saturated heterocycles. The number of Topliss-reactive ketones (excluding diaryl/α,β-unsaturated/α-hetero) is 2. The van der Waals surface area contributed by atoms with Crippen molar-refractivity contribution in [1.29, 1.82) is 0 Å². The Hall–Kier alpha value is -4.10. The Bertz CT molecular complexity index is 1540. The van der Waals surface area contributed by atoms with Gasteiger partial charge in [0.25, 0.3) is 21.5 Å². The third-order valence-electron chi connectivity index (χ3n) is 5.33. The summed E-state index contributed by atoms with van der Waals surface area (Å²) in [5, 5.41) is 1.79. The Morgan fingerprint density at radius 3 is 1.97 bits per heavy atom. The highest BCUT2D eigenvalue weighted by molar-refractivity contribution is 7.89. The third kappa shape index (κ3) is 3.29. The summed E-state index contributed by atoms with van der Waals surface area (Å²) >= 11 is 0. The van der Waals surface area contributed by atoms with E-state index >= 15 is 0 Å². The van der Waals surface area contributed by atoms with Gasteiger partial charge in [-0.2, -0.15) is 4.57 Å². The van der Waals surface area contributed by atoms with Crippen LogP contribution in [0, 0.1) is 0 Å². The minimum atomic E-state index is -4.10. The van der Waals surface area contributed by atoms with Crippen LogP contribution in [0.3, 0.4) is 0 Å². The summed E-state index contributed by atoms with van der Waals surface area (Å²) in [7, 11) is -4.10. The predicted octanol–water partition coefficient (Wildman–Crippen LogP) is 3.35. The molecule has 0 unspecified atom stereocenters. The average Bonchev–Trinajstić information content (AvgIpc) is 2.83.